The van der Waals surface area contributed by atoms with Crippen LogP contribution in [0.1, 0.15) is 17.5 Å². The molecule has 0 aliphatic heterocycles. The molecule has 0 saturated heterocycles. The minimum atomic E-state index is -1.02. The molecule has 21 heavy (non-hydrogen) atoms. The molecule has 0 bridgehead atoms. The summed E-state index contributed by atoms with van der Waals surface area (Å²) in [6.45, 7) is 4.39. The minimum absolute atomic E-state index is 0.153. The van der Waals surface area contributed by atoms with Gasteiger partial charge in [-0.25, -0.2) is 4.79 Å². The molecule has 0 aliphatic rings. The number of carbonyl (C=O) groups is 2. The number of carboxylic acids is 1. The summed E-state index contributed by atoms with van der Waals surface area (Å²) in [6, 6.07) is 5.80. The molecular weight excluding hydrogens is 274 g/mol. The number of aliphatic carboxylic acids is 1. The van der Waals surface area contributed by atoms with Gasteiger partial charge in [-0.15, -0.1) is 0 Å². The fraction of sp³-hybridized carbons (Fsp3) is 0.467. The summed E-state index contributed by atoms with van der Waals surface area (Å²) >= 11 is 0. The first-order chi connectivity index (χ1) is 10.0. The number of carbonyl (C=O) groups excluding carboxylic acids is 1. The molecule has 1 amide bonds. The molecule has 116 valence electrons. The van der Waals surface area contributed by atoms with Crippen molar-refractivity contribution in [2.75, 3.05) is 26.4 Å². The fourth-order valence-corrected chi connectivity index (χ4v) is 1.64. The molecular formula is C15H21NO5. The Bertz CT molecular complexity index is 487. The maximum atomic E-state index is 11.5. The maximum absolute atomic E-state index is 11.5. The molecule has 0 spiro atoms. The number of hydrogen-bond acceptors (Lipinski definition) is 4. The highest BCUT2D eigenvalue weighted by molar-refractivity contribution is 5.76. The Labute approximate surface area is 124 Å². The van der Waals surface area contributed by atoms with E-state index in [0.717, 1.165) is 16.9 Å². The standard InChI is InChI=1S/C15H21NO5/c1-11-4-3-5-13(12(11)2)21-8-6-14(17)16-7-9-20-10-15(18)19/h3-5H,6-10H2,1-2H3,(H,16,17)(H,18,19). The van der Waals surface area contributed by atoms with Gasteiger partial charge >= 0.3 is 5.97 Å². The number of amides is 1. The zero-order chi connectivity index (χ0) is 15.7. The quantitative estimate of drug-likeness (QED) is 0.671. The maximum Gasteiger partial charge on any atom is 0.329 e. The van der Waals surface area contributed by atoms with E-state index in [2.05, 4.69) is 5.32 Å². The SMILES string of the molecule is Cc1cccc(OCCC(=O)NCCOCC(=O)O)c1C. The van der Waals surface area contributed by atoms with E-state index in [1.807, 2.05) is 32.0 Å². The largest absolute Gasteiger partial charge is 0.493 e. The summed E-state index contributed by atoms with van der Waals surface area (Å²) in [4.78, 5) is 21.7. The van der Waals surface area contributed by atoms with Crippen molar-refractivity contribution in [3.63, 3.8) is 0 Å². The smallest absolute Gasteiger partial charge is 0.329 e. The third kappa shape index (κ3) is 6.76. The van der Waals surface area contributed by atoms with Crippen LogP contribution in [-0.4, -0.2) is 43.3 Å². The van der Waals surface area contributed by atoms with Gasteiger partial charge in [0.25, 0.3) is 0 Å². The number of rotatable bonds is 9. The Hall–Kier alpha value is -2.08. The van der Waals surface area contributed by atoms with Crippen molar-refractivity contribution in [2.24, 2.45) is 0 Å². The molecule has 6 heteroatoms. The van der Waals surface area contributed by atoms with E-state index in [-0.39, 0.29) is 32.1 Å². The Balaban J connectivity index is 2.16. The Morgan fingerprint density at radius 3 is 2.71 bits per heavy atom. The molecule has 0 aliphatic carbocycles. The van der Waals surface area contributed by atoms with Gasteiger partial charge < -0.3 is 19.9 Å². The van der Waals surface area contributed by atoms with Crippen LogP contribution in [0.15, 0.2) is 18.2 Å². The second-order valence-electron chi connectivity index (χ2n) is 4.59. The van der Waals surface area contributed by atoms with Crippen LogP contribution in [0.4, 0.5) is 0 Å². The third-order valence-corrected chi connectivity index (χ3v) is 2.94. The second-order valence-corrected chi connectivity index (χ2v) is 4.59. The minimum Gasteiger partial charge on any atom is -0.493 e. The van der Waals surface area contributed by atoms with Gasteiger partial charge in [-0.1, -0.05) is 12.1 Å². The van der Waals surface area contributed by atoms with Gasteiger partial charge in [0.1, 0.15) is 12.4 Å². The Kier molecular flexibility index (Phi) is 7.25. The lowest BCUT2D eigenvalue weighted by Gasteiger charge is -2.11. The molecule has 0 aromatic heterocycles. The number of carboxylic acid groups (broad SMARTS) is 1. The second kappa shape index (κ2) is 8.97. The van der Waals surface area contributed by atoms with E-state index in [1.165, 1.54) is 0 Å². The van der Waals surface area contributed by atoms with Crippen molar-refractivity contribution in [3.8, 4) is 5.75 Å². The molecule has 0 radical (unpaired) electrons. The van der Waals surface area contributed by atoms with Crippen LogP contribution < -0.4 is 10.1 Å². The van der Waals surface area contributed by atoms with Gasteiger partial charge in [0, 0.05) is 6.54 Å². The van der Waals surface area contributed by atoms with Gasteiger partial charge in [0.05, 0.1) is 19.6 Å². The average molecular weight is 295 g/mol. The topological polar surface area (TPSA) is 84.9 Å². The summed E-state index contributed by atoms with van der Waals surface area (Å²) in [5, 5.41) is 11.0. The van der Waals surface area contributed by atoms with Gasteiger partial charge in [-0.05, 0) is 31.0 Å². The molecule has 2 N–H and O–H groups in total. The molecule has 0 saturated carbocycles. The van der Waals surface area contributed by atoms with E-state index in [4.69, 9.17) is 14.6 Å². The van der Waals surface area contributed by atoms with Crippen LogP contribution in [0.2, 0.25) is 0 Å². The molecule has 0 atom stereocenters. The first-order valence-electron chi connectivity index (χ1n) is 6.76. The van der Waals surface area contributed by atoms with Crippen molar-refractivity contribution in [1.29, 1.82) is 0 Å². The van der Waals surface area contributed by atoms with Gasteiger partial charge in [0.15, 0.2) is 0 Å². The van der Waals surface area contributed by atoms with Gasteiger partial charge in [0.2, 0.25) is 5.91 Å². The van der Waals surface area contributed by atoms with Crippen molar-refractivity contribution in [1.82, 2.24) is 5.32 Å². The average Bonchev–Trinajstić information content (AvgIpc) is 2.43. The predicted molar refractivity (Wildman–Crippen MR) is 77.5 cm³/mol. The first-order valence-corrected chi connectivity index (χ1v) is 6.76. The zero-order valence-electron chi connectivity index (χ0n) is 12.3. The Morgan fingerprint density at radius 1 is 1.24 bits per heavy atom. The van der Waals surface area contributed by atoms with Crippen LogP contribution in [0.5, 0.6) is 5.75 Å². The third-order valence-electron chi connectivity index (χ3n) is 2.94. The molecule has 0 fully saturated rings. The fourth-order valence-electron chi connectivity index (χ4n) is 1.64. The highest BCUT2D eigenvalue weighted by atomic mass is 16.5. The van der Waals surface area contributed by atoms with Crippen LogP contribution in [-0.2, 0) is 14.3 Å². The van der Waals surface area contributed by atoms with Crippen molar-refractivity contribution >= 4 is 11.9 Å². The van der Waals surface area contributed by atoms with Gasteiger partial charge in [-0.3, -0.25) is 4.79 Å². The zero-order valence-corrected chi connectivity index (χ0v) is 12.3. The monoisotopic (exact) mass is 295 g/mol. The number of nitrogens with one attached hydrogen (secondary N) is 1. The van der Waals surface area contributed by atoms with Gasteiger partial charge in [-0.2, -0.15) is 0 Å². The molecule has 1 aromatic carbocycles. The summed E-state index contributed by atoms with van der Waals surface area (Å²) < 4.78 is 10.4. The Morgan fingerprint density at radius 2 is 2.00 bits per heavy atom. The normalized spacial score (nSPS) is 10.2. The van der Waals surface area contributed by atoms with E-state index < -0.39 is 5.97 Å². The summed E-state index contributed by atoms with van der Waals surface area (Å²) in [6.07, 6.45) is 0.242. The summed E-state index contributed by atoms with van der Waals surface area (Å²) in [7, 11) is 0. The number of benzene rings is 1. The summed E-state index contributed by atoms with van der Waals surface area (Å²) in [5.74, 6) is -0.393. The van der Waals surface area contributed by atoms with Crippen LogP contribution in [0.25, 0.3) is 0 Å². The van der Waals surface area contributed by atoms with Crippen LogP contribution in [0, 0.1) is 13.8 Å². The van der Waals surface area contributed by atoms with Crippen molar-refractivity contribution in [2.45, 2.75) is 20.3 Å². The van der Waals surface area contributed by atoms with Crippen LogP contribution in [0.3, 0.4) is 0 Å². The van der Waals surface area contributed by atoms with E-state index in [1.54, 1.807) is 0 Å². The number of ether oxygens (including phenoxy) is 2. The first kappa shape index (κ1) is 17.0. The number of aryl methyl sites for hydroxylation is 1. The highest BCUT2D eigenvalue weighted by Crippen LogP contribution is 2.20. The molecule has 1 rings (SSSR count). The van der Waals surface area contributed by atoms with Crippen LogP contribution >= 0.6 is 0 Å². The molecule has 1 aromatic rings. The molecule has 6 nitrogen and oxygen atoms in total. The predicted octanol–water partition coefficient (Wildman–Crippen LogP) is 1.29. The van der Waals surface area contributed by atoms with Crippen molar-refractivity contribution < 1.29 is 24.2 Å². The molecule has 0 unspecified atom stereocenters. The lowest BCUT2D eigenvalue weighted by molar-refractivity contribution is -0.142. The lowest BCUT2D eigenvalue weighted by atomic mass is 10.1. The molecule has 0 heterocycles. The lowest BCUT2D eigenvalue weighted by Crippen LogP contribution is -2.29. The van der Waals surface area contributed by atoms with E-state index in [9.17, 15) is 9.59 Å². The van der Waals surface area contributed by atoms with Crippen molar-refractivity contribution in [3.05, 3.63) is 29.3 Å². The highest BCUT2D eigenvalue weighted by Gasteiger charge is 2.04. The van der Waals surface area contributed by atoms with E-state index >= 15 is 0 Å². The number of hydrogen-bond donors (Lipinski definition) is 2. The van der Waals surface area contributed by atoms with E-state index in [0.29, 0.717) is 6.61 Å². The summed E-state index contributed by atoms with van der Waals surface area (Å²) in [5.41, 5.74) is 2.22.